The number of rotatable bonds is 5. The Morgan fingerprint density at radius 2 is 1.72 bits per heavy atom. The van der Waals surface area contributed by atoms with Gasteiger partial charge < -0.3 is 19.4 Å². The number of hydrogen-bond donors (Lipinski definition) is 2. The zero-order chi connectivity index (χ0) is 13.4. The fourth-order valence-corrected chi connectivity index (χ4v) is 0.896. The van der Waals surface area contributed by atoms with Crippen LogP contribution in [0.2, 0.25) is 0 Å². The average Bonchev–Trinajstić information content (AvgIpc) is 2.27. The quantitative estimate of drug-likeness (QED) is 0.230. The minimum absolute atomic E-state index is 0. The van der Waals surface area contributed by atoms with E-state index >= 15 is 0 Å². The Bertz CT molecular complexity index is 306. The maximum absolute atomic E-state index is 11.2. The van der Waals surface area contributed by atoms with Crippen molar-refractivity contribution in [2.24, 2.45) is 0 Å². The van der Waals surface area contributed by atoms with E-state index in [9.17, 15) is 19.5 Å². The topological polar surface area (TPSA) is 99.2 Å². The fraction of sp³-hybridized carbons (Fsp3) is 0.571. The monoisotopic (exact) mass is 322 g/mol. The second kappa shape index (κ2) is 11.3. The molecule has 0 aromatic heterocycles. The first-order valence-corrected chi connectivity index (χ1v) is 5.15. The Morgan fingerprint density at radius 3 is 2.17 bits per heavy atom. The van der Waals surface area contributed by atoms with Crippen LogP contribution in [-0.4, -0.2) is 46.6 Å². The predicted octanol–water partition coefficient (Wildman–Crippen LogP) is -4.35. The molecule has 11 heteroatoms. The minimum Gasteiger partial charge on any atom is -0.528 e. The Labute approximate surface area is 157 Å². The number of carbonyl (C=O) groups excluding carboxylic acids is 3. The summed E-state index contributed by atoms with van der Waals surface area (Å²) < 4.78 is 9.72. The minimum atomic E-state index is -1.73. The van der Waals surface area contributed by atoms with Crippen LogP contribution in [0.15, 0.2) is 0 Å². The summed E-state index contributed by atoms with van der Waals surface area (Å²) in [6.07, 6.45) is -1.73. The SMILES string of the molecule is CCOC(=O)COCC(=O)N(S)N(S)C(=O)[O-].[K+]. The van der Waals surface area contributed by atoms with E-state index in [-0.39, 0.29) is 62.4 Å². The first-order chi connectivity index (χ1) is 7.90. The van der Waals surface area contributed by atoms with Crippen molar-refractivity contribution < 1.29 is 80.3 Å². The molecule has 0 atom stereocenters. The zero-order valence-electron chi connectivity index (χ0n) is 9.86. The van der Waals surface area contributed by atoms with E-state index in [2.05, 4.69) is 35.1 Å². The second-order valence-corrected chi connectivity index (χ2v) is 3.29. The first kappa shape index (κ1) is 20.8. The number of hydrogen-bond acceptors (Lipinski definition) is 8. The van der Waals surface area contributed by atoms with Gasteiger partial charge in [-0.05, 0) is 32.6 Å². The molecule has 0 aromatic carbocycles. The molecule has 0 saturated carbocycles. The van der Waals surface area contributed by atoms with Crippen LogP contribution < -0.4 is 56.5 Å². The summed E-state index contributed by atoms with van der Waals surface area (Å²) in [6, 6.07) is 0. The molecule has 0 heterocycles. The molecule has 98 valence electrons. The summed E-state index contributed by atoms with van der Waals surface area (Å²) in [5.41, 5.74) is 0. The molecular formula is C7H11KN2O6S2. The normalized spacial score (nSPS) is 9.06. The van der Waals surface area contributed by atoms with Crippen molar-refractivity contribution in [3.8, 4) is 0 Å². The summed E-state index contributed by atoms with van der Waals surface area (Å²) in [5, 5.41) is 10.3. The molecule has 0 aliphatic heterocycles. The molecule has 18 heavy (non-hydrogen) atoms. The van der Waals surface area contributed by atoms with Gasteiger partial charge in [0.2, 0.25) is 0 Å². The van der Waals surface area contributed by atoms with E-state index < -0.39 is 31.2 Å². The van der Waals surface area contributed by atoms with E-state index in [0.717, 1.165) is 0 Å². The van der Waals surface area contributed by atoms with Crippen LogP contribution in [0.5, 0.6) is 0 Å². The second-order valence-electron chi connectivity index (χ2n) is 2.54. The van der Waals surface area contributed by atoms with Crippen LogP contribution in [0.25, 0.3) is 0 Å². The fourth-order valence-electron chi connectivity index (χ4n) is 0.665. The molecule has 0 N–H and O–H groups in total. The molecule has 8 nitrogen and oxygen atoms in total. The molecule has 0 fully saturated rings. The van der Waals surface area contributed by atoms with E-state index in [4.69, 9.17) is 0 Å². The summed E-state index contributed by atoms with van der Waals surface area (Å²) in [4.78, 5) is 32.3. The van der Waals surface area contributed by atoms with Crippen LogP contribution >= 0.6 is 25.6 Å². The Balaban J connectivity index is 0. The van der Waals surface area contributed by atoms with Crippen LogP contribution in [0, 0.1) is 0 Å². The Hall–Kier alpha value is 0.506. The molecule has 0 unspecified atom stereocenters. The number of thiol groups is 2. The summed E-state index contributed by atoms with van der Waals surface area (Å²) in [6.45, 7) is 0.854. The van der Waals surface area contributed by atoms with Gasteiger partial charge in [-0.1, -0.05) is 0 Å². The third kappa shape index (κ3) is 8.58. The van der Waals surface area contributed by atoms with Gasteiger partial charge in [-0.2, -0.15) is 4.41 Å². The number of ether oxygens (including phenoxy) is 2. The van der Waals surface area contributed by atoms with Crippen molar-refractivity contribution in [3.05, 3.63) is 0 Å². The van der Waals surface area contributed by atoms with Gasteiger partial charge in [0, 0.05) is 0 Å². The number of hydrazine groups is 1. The standard InChI is InChI=1S/C7H12N2O6S2.K/c1-2-15-6(11)4-14-3-5(10)8(16)9(17)7(12)13;/h16-17H,2-4H2,1H3,(H,12,13);/q;+1/p-1. The molecule has 2 amide bonds. The van der Waals surface area contributed by atoms with Crippen molar-refractivity contribution in [2.75, 3.05) is 19.8 Å². The molecule has 0 spiro atoms. The van der Waals surface area contributed by atoms with Crippen LogP contribution in [0.4, 0.5) is 4.79 Å². The van der Waals surface area contributed by atoms with Gasteiger partial charge in [0.25, 0.3) is 5.91 Å². The number of esters is 1. The zero-order valence-corrected chi connectivity index (χ0v) is 14.8. The van der Waals surface area contributed by atoms with Crippen molar-refractivity contribution in [1.82, 2.24) is 8.83 Å². The van der Waals surface area contributed by atoms with Gasteiger partial charge in [-0.15, -0.1) is 0 Å². The van der Waals surface area contributed by atoms with Gasteiger partial charge in [0.15, 0.2) is 6.09 Å². The largest absolute Gasteiger partial charge is 1.00 e. The number of carboxylic acid groups (broad SMARTS) is 1. The number of carbonyl (C=O) groups is 3. The third-order valence-corrected chi connectivity index (χ3v) is 2.20. The molecule has 0 aromatic rings. The smallest absolute Gasteiger partial charge is 0.528 e. The van der Waals surface area contributed by atoms with Crippen molar-refractivity contribution in [3.63, 3.8) is 0 Å². The van der Waals surface area contributed by atoms with E-state index in [1.165, 1.54) is 0 Å². The van der Waals surface area contributed by atoms with Crippen LogP contribution in [0.1, 0.15) is 6.92 Å². The van der Waals surface area contributed by atoms with Crippen molar-refractivity contribution >= 4 is 43.6 Å². The summed E-state index contributed by atoms with van der Waals surface area (Å²) in [7, 11) is 0. The Morgan fingerprint density at radius 1 is 1.17 bits per heavy atom. The molecule has 0 aliphatic rings. The van der Waals surface area contributed by atoms with Crippen LogP contribution in [0.3, 0.4) is 0 Å². The van der Waals surface area contributed by atoms with E-state index in [0.29, 0.717) is 4.41 Å². The molecule has 0 aliphatic carbocycles. The van der Waals surface area contributed by atoms with Gasteiger partial charge in [-0.3, -0.25) is 4.79 Å². The maximum Gasteiger partial charge on any atom is 1.00 e. The molecule has 0 radical (unpaired) electrons. The van der Waals surface area contributed by atoms with Gasteiger partial charge in [-0.25, -0.2) is 9.21 Å². The van der Waals surface area contributed by atoms with Crippen molar-refractivity contribution in [2.45, 2.75) is 6.92 Å². The third-order valence-electron chi connectivity index (χ3n) is 1.32. The van der Waals surface area contributed by atoms with Gasteiger partial charge in [0.1, 0.15) is 13.2 Å². The van der Waals surface area contributed by atoms with Crippen LogP contribution in [-0.2, 0) is 19.1 Å². The first-order valence-electron chi connectivity index (χ1n) is 4.35. The van der Waals surface area contributed by atoms with Gasteiger partial charge in [0.05, 0.1) is 6.61 Å². The van der Waals surface area contributed by atoms with E-state index in [1.807, 2.05) is 0 Å². The van der Waals surface area contributed by atoms with Gasteiger partial charge >= 0.3 is 57.4 Å². The molecule has 0 bridgehead atoms. The predicted molar refractivity (Wildman–Crippen MR) is 59.5 cm³/mol. The number of nitrogens with zero attached hydrogens (tertiary/aromatic N) is 2. The molecule has 0 saturated heterocycles. The molecular weight excluding hydrogens is 311 g/mol. The summed E-state index contributed by atoms with van der Waals surface area (Å²) >= 11 is 6.95. The maximum atomic E-state index is 11.2. The molecule has 0 rings (SSSR count). The average molecular weight is 322 g/mol. The Kier molecular flexibility index (Phi) is 13.1. The van der Waals surface area contributed by atoms with E-state index in [1.54, 1.807) is 6.92 Å². The van der Waals surface area contributed by atoms with Crippen molar-refractivity contribution in [1.29, 1.82) is 0 Å². The number of amides is 2. The summed E-state index contributed by atoms with van der Waals surface area (Å²) in [5.74, 6) is -1.47.